The largest absolute Gasteiger partial charge is 0.336 e. The number of benzene rings is 1. The van der Waals surface area contributed by atoms with Crippen LogP contribution in [-0.2, 0) is 10.0 Å². The zero-order valence-corrected chi connectivity index (χ0v) is 18.0. The number of amides is 1. The lowest BCUT2D eigenvalue weighted by Crippen LogP contribution is -2.49. The number of rotatable bonds is 5. The third-order valence-corrected chi connectivity index (χ3v) is 7.46. The standard InChI is InChI=1S/C21H33N3O3S/c1-18(2)17-22-12-14-23(15-13-22)21(25)19-8-7-9-20(16-19)28(26,27)24-10-5-3-4-6-11-24/h7-9,16,18H,3-6,10-15,17H2,1-2H3. The number of sulfonamides is 1. The molecule has 0 aromatic heterocycles. The highest BCUT2D eigenvalue weighted by atomic mass is 32.2. The van der Waals surface area contributed by atoms with Crippen LogP contribution in [0.15, 0.2) is 29.2 Å². The summed E-state index contributed by atoms with van der Waals surface area (Å²) in [5.41, 5.74) is 0.466. The molecule has 2 heterocycles. The number of carbonyl (C=O) groups is 1. The minimum atomic E-state index is -3.54. The highest BCUT2D eigenvalue weighted by Gasteiger charge is 2.27. The van der Waals surface area contributed by atoms with Gasteiger partial charge in [-0.3, -0.25) is 9.69 Å². The number of carbonyl (C=O) groups excluding carboxylic acids is 1. The van der Waals surface area contributed by atoms with Crippen LogP contribution in [0.4, 0.5) is 0 Å². The van der Waals surface area contributed by atoms with Gasteiger partial charge in [0.15, 0.2) is 0 Å². The molecule has 3 rings (SSSR count). The Morgan fingerprint density at radius 3 is 2.21 bits per heavy atom. The Labute approximate surface area is 169 Å². The van der Waals surface area contributed by atoms with Crippen LogP contribution in [-0.4, -0.2) is 74.2 Å². The van der Waals surface area contributed by atoms with Gasteiger partial charge in [-0.2, -0.15) is 4.31 Å². The van der Waals surface area contributed by atoms with Gasteiger partial charge in [0.25, 0.3) is 5.91 Å². The van der Waals surface area contributed by atoms with E-state index in [1.54, 1.807) is 28.6 Å². The average Bonchev–Trinajstić information content (AvgIpc) is 2.98. The van der Waals surface area contributed by atoms with Crippen molar-refractivity contribution in [1.29, 1.82) is 0 Å². The molecule has 0 unspecified atom stereocenters. The third kappa shape index (κ3) is 5.13. The highest BCUT2D eigenvalue weighted by Crippen LogP contribution is 2.22. The number of hydrogen-bond donors (Lipinski definition) is 0. The van der Waals surface area contributed by atoms with E-state index in [1.807, 2.05) is 4.90 Å². The lowest BCUT2D eigenvalue weighted by atomic mass is 10.1. The second-order valence-corrected chi connectivity index (χ2v) is 10.3. The monoisotopic (exact) mass is 407 g/mol. The van der Waals surface area contributed by atoms with E-state index in [-0.39, 0.29) is 10.8 Å². The van der Waals surface area contributed by atoms with Crippen LogP contribution < -0.4 is 0 Å². The minimum absolute atomic E-state index is 0.0721. The van der Waals surface area contributed by atoms with Gasteiger partial charge in [0.05, 0.1) is 4.90 Å². The normalized spacial score (nSPS) is 20.3. The topological polar surface area (TPSA) is 60.9 Å². The molecule has 6 nitrogen and oxygen atoms in total. The van der Waals surface area contributed by atoms with Crippen LogP contribution in [0.1, 0.15) is 49.9 Å². The molecule has 156 valence electrons. The number of hydrogen-bond acceptors (Lipinski definition) is 4. The second kappa shape index (κ2) is 9.37. The van der Waals surface area contributed by atoms with Gasteiger partial charge in [-0.05, 0) is 37.0 Å². The molecule has 2 saturated heterocycles. The Kier molecular flexibility index (Phi) is 7.12. The van der Waals surface area contributed by atoms with E-state index in [9.17, 15) is 13.2 Å². The Morgan fingerprint density at radius 1 is 0.964 bits per heavy atom. The summed E-state index contributed by atoms with van der Waals surface area (Å²) in [5.74, 6) is 0.542. The molecule has 28 heavy (non-hydrogen) atoms. The van der Waals surface area contributed by atoms with Crippen molar-refractivity contribution in [3.63, 3.8) is 0 Å². The number of nitrogens with zero attached hydrogens (tertiary/aromatic N) is 3. The Hall–Kier alpha value is -1.44. The molecule has 0 saturated carbocycles. The van der Waals surface area contributed by atoms with Crippen molar-refractivity contribution in [2.24, 2.45) is 5.92 Å². The van der Waals surface area contributed by atoms with Crippen LogP contribution >= 0.6 is 0 Å². The van der Waals surface area contributed by atoms with Gasteiger partial charge in [-0.1, -0.05) is 32.8 Å². The molecule has 1 amide bonds. The highest BCUT2D eigenvalue weighted by molar-refractivity contribution is 7.89. The Bertz CT molecular complexity index is 763. The molecule has 0 aliphatic carbocycles. The van der Waals surface area contributed by atoms with Crippen molar-refractivity contribution in [3.8, 4) is 0 Å². The molecule has 7 heteroatoms. The predicted octanol–water partition coefficient (Wildman–Crippen LogP) is 2.67. The van der Waals surface area contributed by atoms with Crippen LogP contribution in [0, 0.1) is 5.92 Å². The molecule has 2 aliphatic rings. The van der Waals surface area contributed by atoms with Crippen molar-refractivity contribution in [2.45, 2.75) is 44.4 Å². The zero-order chi connectivity index (χ0) is 20.1. The first-order chi connectivity index (χ1) is 13.4. The van der Waals surface area contributed by atoms with Crippen molar-refractivity contribution < 1.29 is 13.2 Å². The van der Waals surface area contributed by atoms with E-state index >= 15 is 0 Å². The molecule has 0 spiro atoms. The average molecular weight is 408 g/mol. The molecule has 0 atom stereocenters. The van der Waals surface area contributed by atoms with Gasteiger partial charge in [-0.25, -0.2) is 8.42 Å². The first-order valence-electron chi connectivity index (χ1n) is 10.5. The molecule has 0 radical (unpaired) electrons. The van der Waals surface area contributed by atoms with Gasteiger partial charge in [0.2, 0.25) is 10.0 Å². The molecular weight excluding hydrogens is 374 g/mol. The molecule has 2 aliphatic heterocycles. The molecule has 0 N–H and O–H groups in total. The van der Waals surface area contributed by atoms with E-state index < -0.39 is 10.0 Å². The summed E-state index contributed by atoms with van der Waals surface area (Å²) < 4.78 is 27.6. The number of piperazine rings is 1. The predicted molar refractivity (Wildman–Crippen MR) is 111 cm³/mol. The third-order valence-electron chi connectivity index (χ3n) is 5.57. The summed E-state index contributed by atoms with van der Waals surface area (Å²) in [7, 11) is -3.54. The van der Waals surface area contributed by atoms with E-state index in [2.05, 4.69) is 18.7 Å². The lowest BCUT2D eigenvalue weighted by Gasteiger charge is -2.35. The van der Waals surface area contributed by atoms with E-state index in [4.69, 9.17) is 0 Å². The van der Waals surface area contributed by atoms with E-state index in [1.165, 1.54) is 0 Å². The fourth-order valence-corrected chi connectivity index (χ4v) is 5.62. The fraction of sp³-hybridized carbons (Fsp3) is 0.667. The van der Waals surface area contributed by atoms with Crippen LogP contribution in [0.5, 0.6) is 0 Å². The molecule has 1 aromatic rings. The summed E-state index contributed by atoms with van der Waals surface area (Å²) in [6.45, 7) is 9.71. The quantitative estimate of drug-likeness (QED) is 0.753. The molecule has 0 bridgehead atoms. The summed E-state index contributed by atoms with van der Waals surface area (Å²) in [6, 6.07) is 6.58. The van der Waals surface area contributed by atoms with Gasteiger partial charge >= 0.3 is 0 Å². The SMILES string of the molecule is CC(C)CN1CCN(C(=O)c2cccc(S(=O)(=O)N3CCCCCC3)c2)CC1. The van der Waals surface area contributed by atoms with Crippen molar-refractivity contribution in [1.82, 2.24) is 14.1 Å². The van der Waals surface area contributed by atoms with Gasteiger partial charge in [0, 0.05) is 51.4 Å². The Balaban J connectivity index is 1.70. The van der Waals surface area contributed by atoms with Gasteiger partial charge in [0.1, 0.15) is 0 Å². The Morgan fingerprint density at radius 2 is 1.61 bits per heavy atom. The second-order valence-electron chi connectivity index (χ2n) is 8.33. The first-order valence-corrected chi connectivity index (χ1v) is 11.9. The molecule has 1 aromatic carbocycles. The molecular formula is C21H33N3O3S. The maximum Gasteiger partial charge on any atom is 0.253 e. The fourth-order valence-electron chi connectivity index (χ4n) is 4.05. The van der Waals surface area contributed by atoms with Crippen molar-refractivity contribution >= 4 is 15.9 Å². The summed E-state index contributed by atoms with van der Waals surface area (Å²) >= 11 is 0. The van der Waals surface area contributed by atoms with E-state index in [0.717, 1.165) is 45.3 Å². The van der Waals surface area contributed by atoms with Crippen LogP contribution in [0.25, 0.3) is 0 Å². The molecule has 2 fully saturated rings. The van der Waals surface area contributed by atoms with Crippen molar-refractivity contribution in [2.75, 3.05) is 45.8 Å². The smallest absolute Gasteiger partial charge is 0.253 e. The maximum absolute atomic E-state index is 13.0. The van der Waals surface area contributed by atoms with Gasteiger partial charge < -0.3 is 4.90 Å². The lowest BCUT2D eigenvalue weighted by molar-refractivity contribution is 0.0623. The summed E-state index contributed by atoms with van der Waals surface area (Å²) in [6.07, 6.45) is 3.96. The summed E-state index contributed by atoms with van der Waals surface area (Å²) in [4.78, 5) is 17.4. The van der Waals surface area contributed by atoms with E-state index in [0.29, 0.717) is 37.7 Å². The van der Waals surface area contributed by atoms with Crippen molar-refractivity contribution in [3.05, 3.63) is 29.8 Å². The van der Waals surface area contributed by atoms with Gasteiger partial charge in [-0.15, -0.1) is 0 Å². The zero-order valence-electron chi connectivity index (χ0n) is 17.1. The first kappa shape index (κ1) is 21.3. The van der Waals surface area contributed by atoms with Crippen LogP contribution in [0.2, 0.25) is 0 Å². The summed E-state index contributed by atoms with van der Waals surface area (Å²) in [5, 5.41) is 0. The minimum Gasteiger partial charge on any atom is -0.336 e. The van der Waals surface area contributed by atoms with Crippen LogP contribution in [0.3, 0.4) is 0 Å². The maximum atomic E-state index is 13.0.